The number of halogens is 4. The van der Waals surface area contributed by atoms with Crippen molar-refractivity contribution < 1.29 is 17.9 Å². The molecule has 0 unspecified atom stereocenters. The van der Waals surface area contributed by atoms with Crippen LogP contribution < -0.4 is 9.64 Å². The van der Waals surface area contributed by atoms with Gasteiger partial charge in [0.15, 0.2) is 5.82 Å². The minimum Gasteiger partial charge on any atom is -0.459 e. The Bertz CT molecular complexity index is 902. The van der Waals surface area contributed by atoms with Crippen LogP contribution in [0.25, 0.3) is 0 Å². The Balaban J connectivity index is 1.92. The SMILES string of the molecule is CN(c1ccc(Cl)cc1)c1nc(OCc2ccccc2)ncc1C(F)(F)F. The van der Waals surface area contributed by atoms with E-state index in [9.17, 15) is 13.2 Å². The first kappa shape index (κ1) is 19.0. The number of anilines is 2. The Morgan fingerprint density at radius 3 is 2.33 bits per heavy atom. The molecular weight excluding hydrogens is 379 g/mol. The van der Waals surface area contributed by atoms with E-state index in [-0.39, 0.29) is 18.4 Å². The van der Waals surface area contributed by atoms with Gasteiger partial charge in [0.05, 0.1) is 0 Å². The van der Waals surface area contributed by atoms with E-state index in [1.165, 1.54) is 11.9 Å². The maximum atomic E-state index is 13.4. The zero-order chi connectivity index (χ0) is 19.4. The lowest BCUT2D eigenvalue weighted by Gasteiger charge is -2.22. The van der Waals surface area contributed by atoms with Crippen molar-refractivity contribution in [1.82, 2.24) is 9.97 Å². The lowest BCUT2D eigenvalue weighted by Crippen LogP contribution is -2.19. The molecule has 8 heteroatoms. The molecule has 0 aliphatic rings. The zero-order valence-corrected chi connectivity index (χ0v) is 15.0. The lowest BCUT2D eigenvalue weighted by molar-refractivity contribution is -0.137. The molecule has 2 aromatic carbocycles. The maximum Gasteiger partial charge on any atom is 0.421 e. The molecule has 1 heterocycles. The summed E-state index contributed by atoms with van der Waals surface area (Å²) in [6.45, 7) is 0.149. The minimum absolute atomic E-state index is 0.136. The Morgan fingerprint density at radius 1 is 1.04 bits per heavy atom. The summed E-state index contributed by atoms with van der Waals surface area (Å²) in [6.07, 6.45) is -3.87. The van der Waals surface area contributed by atoms with Crippen LogP contribution in [0.5, 0.6) is 6.01 Å². The standard InChI is InChI=1S/C19H15ClF3N3O/c1-26(15-9-7-14(20)8-10-15)17-16(19(21,22)23)11-24-18(25-17)27-12-13-5-3-2-4-6-13/h2-11H,12H2,1H3. The van der Waals surface area contributed by atoms with Gasteiger partial charge in [-0.3, -0.25) is 0 Å². The molecular formula is C19H15ClF3N3O. The maximum absolute atomic E-state index is 13.4. The van der Waals surface area contributed by atoms with Crippen molar-refractivity contribution >= 4 is 23.1 Å². The van der Waals surface area contributed by atoms with Gasteiger partial charge in [-0.1, -0.05) is 41.9 Å². The quantitative estimate of drug-likeness (QED) is 0.574. The monoisotopic (exact) mass is 393 g/mol. The van der Waals surface area contributed by atoms with Crippen molar-refractivity contribution in [3.63, 3.8) is 0 Å². The van der Waals surface area contributed by atoms with Crippen LogP contribution in [0.4, 0.5) is 24.7 Å². The number of hydrogen-bond acceptors (Lipinski definition) is 4. The number of rotatable bonds is 5. The molecule has 0 amide bonds. The first-order valence-corrected chi connectivity index (χ1v) is 8.32. The molecule has 0 N–H and O–H groups in total. The molecule has 0 atom stereocenters. The van der Waals surface area contributed by atoms with Crippen LogP contribution >= 0.6 is 11.6 Å². The van der Waals surface area contributed by atoms with E-state index >= 15 is 0 Å². The summed E-state index contributed by atoms with van der Waals surface area (Å²) in [4.78, 5) is 9.02. The fourth-order valence-corrected chi connectivity index (χ4v) is 2.52. The highest BCUT2D eigenvalue weighted by Crippen LogP contribution is 2.37. The Morgan fingerprint density at radius 2 is 1.70 bits per heavy atom. The molecule has 27 heavy (non-hydrogen) atoms. The molecule has 4 nitrogen and oxygen atoms in total. The van der Waals surface area contributed by atoms with Crippen LogP contribution in [0.15, 0.2) is 60.8 Å². The molecule has 0 aliphatic carbocycles. The Labute approximate surface area is 159 Å². The predicted octanol–water partition coefficient (Wildman–Crippen LogP) is 5.50. The molecule has 1 aromatic heterocycles. The average Bonchev–Trinajstić information content (AvgIpc) is 2.66. The van der Waals surface area contributed by atoms with Crippen molar-refractivity contribution in [2.45, 2.75) is 12.8 Å². The molecule has 0 fully saturated rings. The van der Waals surface area contributed by atoms with Gasteiger partial charge in [0, 0.05) is 24.0 Å². The zero-order valence-electron chi connectivity index (χ0n) is 14.2. The van der Waals surface area contributed by atoms with E-state index in [0.717, 1.165) is 11.8 Å². The van der Waals surface area contributed by atoms with Crippen LogP contribution in [0, 0.1) is 0 Å². The van der Waals surface area contributed by atoms with Gasteiger partial charge < -0.3 is 9.64 Å². The summed E-state index contributed by atoms with van der Waals surface area (Å²) in [5.74, 6) is -0.303. The Hall–Kier alpha value is -2.80. The average molecular weight is 394 g/mol. The third kappa shape index (κ3) is 4.68. The number of nitrogens with zero attached hydrogens (tertiary/aromatic N) is 3. The fourth-order valence-electron chi connectivity index (χ4n) is 2.39. The van der Waals surface area contributed by atoms with E-state index in [1.807, 2.05) is 30.3 Å². The third-order valence-electron chi connectivity index (χ3n) is 3.79. The third-order valence-corrected chi connectivity index (χ3v) is 4.05. The first-order valence-electron chi connectivity index (χ1n) is 7.95. The van der Waals surface area contributed by atoms with E-state index in [4.69, 9.17) is 16.3 Å². The molecule has 0 spiro atoms. The van der Waals surface area contributed by atoms with E-state index < -0.39 is 11.7 Å². The van der Waals surface area contributed by atoms with Gasteiger partial charge in [-0.15, -0.1) is 0 Å². The Kier molecular flexibility index (Phi) is 5.51. The molecule has 0 bridgehead atoms. The van der Waals surface area contributed by atoms with E-state index in [0.29, 0.717) is 10.7 Å². The van der Waals surface area contributed by atoms with Gasteiger partial charge in [-0.25, -0.2) is 4.98 Å². The van der Waals surface area contributed by atoms with Crippen LogP contribution in [0.2, 0.25) is 5.02 Å². The second-order valence-corrected chi connectivity index (χ2v) is 6.13. The summed E-state index contributed by atoms with van der Waals surface area (Å²) in [5.41, 5.74) is 0.401. The van der Waals surface area contributed by atoms with Crippen molar-refractivity contribution in [3.8, 4) is 6.01 Å². The second kappa shape index (κ2) is 7.84. The highest BCUT2D eigenvalue weighted by atomic mass is 35.5. The van der Waals surface area contributed by atoms with Gasteiger partial charge in [0.25, 0.3) is 0 Å². The molecule has 0 radical (unpaired) electrons. The summed E-state index contributed by atoms with van der Waals surface area (Å²) in [5, 5.41) is 0.484. The predicted molar refractivity (Wildman–Crippen MR) is 97.3 cm³/mol. The molecule has 0 aliphatic heterocycles. The summed E-state index contributed by atoms with van der Waals surface area (Å²) in [7, 11) is 1.49. The summed E-state index contributed by atoms with van der Waals surface area (Å²) < 4.78 is 45.7. The topological polar surface area (TPSA) is 38.2 Å². The number of hydrogen-bond donors (Lipinski definition) is 0. The number of alkyl halides is 3. The molecule has 3 rings (SSSR count). The number of aromatic nitrogens is 2. The smallest absolute Gasteiger partial charge is 0.421 e. The summed E-state index contributed by atoms with van der Waals surface area (Å²) >= 11 is 5.85. The van der Waals surface area contributed by atoms with Crippen molar-refractivity contribution in [2.75, 3.05) is 11.9 Å². The van der Waals surface area contributed by atoms with Gasteiger partial charge in [-0.05, 0) is 29.8 Å². The fraction of sp³-hybridized carbons (Fsp3) is 0.158. The van der Waals surface area contributed by atoms with Crippen LogP contribution in [-0.2, 0) is 12.8 Å². The van der Waals surface area contributed by atoms with Gasteiger partial charge in [0.2, 0.25) is 0 Å². The number of benzene rings is 2. The van der Waals surface area contributed by atoms with Crippen LogP contribution in [0.3, 0.4) is 0 Å². The van der Waals surface area contributed by atoms with Gasteiger partial charge in [-0.2, -0.15) is 18.2 Å². The van der Waals surface area contributed by atoms with Crippen molar-refractivity contribution in [1.29, 1.82) is 0 Å². The second-order valence-electron chi connectivity index (χ2n) is 5.70. The van der Waals surface area contributed by atoms with Crippen LogP contribution in [-0.4, -0.2) is 17.0 Å². The van der Waals surface area contributed by atoms with Crippen LogP contribution in [0.1, 0.15) is 11.1 Å². The van der Waals surface area contributed by atoms with E-state index in [1.54, 1.807) is 24.3 Å². The normalized spacial score (nSPS) is 11.3. The van der Waals surface area contributed by atoms with Gasteiger partial charge >= 0.3 is 12.2 Å². The van der Waals surface area contributed by atoms with Crippen molar-refractivity contribution in [3.05, 3.63) is 76.9 Å². The minimum atomic E-state index is -4.60. The largest absolute Gasteiger partial charge is 0.459 e. The van der Waals surface area contributed by atoms with Crippen molar-refractivity contribution in [2.24, 2.45) is 0 Å². The number of ether oxygens (including phenoxy) is 1. The molecule has 140 valence electrons. The van der Waals surface area contributed by atoms with E-state index in [2.05, 4.69) is 9.97 Å². The van der Waals surface area contributed by atoms with Gasteiger partial charge in [0.1, 0.15) is 12.2 Å². The first-order chi connectivity index (χ1) is 12.8. The molecule has 0 saturated heterocycles. The lowest BCUT2D eigenvalue weighted by atomic mass is 10.2. The highest BCUT2D eigenvalue weighted by molar-refractivity contribution is 6.30. The molecule has 3 aromatic rings. The summed E-state index contributed by atoms with van der Waals surface area (Å²) in [6, 6.07) is 15.5. The molecule has 0 saturated carbocycles. The highest BCUT2D eigenvalue weighted by Gasteiger charge is 2.36.